The maximum Gasteiger partial charge on any atom is 0.270 e. The average molecular weight is 572 g/mol. The summed E-state index contributed by atoms with van der Waals surface area (Å²) in [6.45, 7) is 7.05. The van der Waals surface area contributed by atoms with Crippen LogP contribution in [-0.2, 0) is 26.1 Å². The first-order chi connectivity index (χ1) is 19.0. The normalized spacial score (nSPS) is 12.6. The van der Waals surface area contributed by atoms with Gasteiger partial charge in [-0.1, -0.05) is 78.3 Å². The molecule has 0 atom stereocenters. The van der Waals surface area contributed by atoms with Crippen molar-refractivity contribution in [1.82, 2.24) is 14.9 Å². The van der Waals surface area contributed by atoms with E-state index in [1.54, 1.807) is 0 Å². The van der Waals surface area contributed by atoms with Crippen LogP contribution in [0.2, 0.25) is 5.02 Å². The molecule has 1 aliphatic heterocycles. The molecule has 5 nitrogen and oxygen atoms in total. The molecular formula is C33H32Cl2N4O. The smallest absolute Gasteiger partial charge is 0.270 e. The molecule has 5 aromatic rings. The number of amides is 1. The van der Waals surface area contributed by atoms with Crippen molar-refractivity contribution in [3.8, 4) is 0 Å². The second-order valence-electron chi connectivity index (χ2n) is 10.3. The molecule has 0 aliphatic carbocycles. The summed E-state index contributed by atoms with van der Waals surface area (Å²) in [6, 6.07) is 28.6. The largest absolute Gasteiger partial charge is 0.350 e. The average Bonchev–Trinajstić information content (AvgIpc) is 3.20. The molecule has 0 radical (unpaired) electrons. The molecule has 3 heterocycles. The summed E-state index contributed by atoms with van der Waals surface area (Å²) in [5.41, 5.74) is 8.74. The Labute approximate surface area is 246 Å². The summed E-state index contributed by atoms with van der Waals surface area (Å²) in [7, 11) is 0. The zero-order valence-electron chi connectivity index (χ0n) is 22.7. The number of carbonyl (C=O) groups is 1. The summed E-state index contributed by atoms with van der Waals surface area (Å²) in [5, 5.41) is 4.77. The number of halogens is 2. The number of aromatic nitrogens is 2. The van der Waals surface area contributed by atoms with Crippen molar-refractivity contribution < 1.29 is 4.79 Å². The first kappa shape index (κ1) is 27.8. The van der Waals surface area contributed by atoms with Crippen molar-refractivity contribution in [2.24, 2.45) is 0 Å². The Morgan fingerprint density at radius 1 is 0.925 bits per heavy atom. The Bertz CT molecular complexity index is 1680. The molecule has 1 N–H and O–H groups in total. The van der Waals surface area contributed by atoms with Gasteiger partial charge in [-0.25, -0.2) is 4.98 Å². The highest BCUT2D eigenvalue weighted by atomic mass is 35.5. The van der Waals surface area contributed by atoms with E-state index < -0.39 is 0 Å². The number of aryl methyl sites for hydroxylation is 1. The Morgan fingerprint density at radius 3 is 2.42 bits per heavy atom. The SMILES string of the molecule is Cc1c(C)n(Cc2ccccc2)c2c(N3CCc4ccccc4C3)nc(C(=O)NCc3cccc(Cl)c3)cc12.Cl. The quantitative estimate of drug-likeness (QED) is 0.233. The highest BCUT2D eigenvalue weighted by molar-refractivity contribution is 6.30. The maximum atomic E-state index is 13.4. The minimum Gasteiger partial charge on any atom is -0.350 e. The van der Waals surface area contributed by atoms with Crippen molar-refractivity contribution in [1.29, 1.82) is 0 Å². The van der Waals surface area contributed by atoms with Gasteiger partial charge in [0.05, 0.1) is 5.52 Å². The number of rotatable bonds is 6. The Morgan fingerprint density at radius 2 is 1.65 bits per heavy atom. The third kappa shape index (κ3) is 5.45. The molecule has 0 saturated heterocycles. The van der Waals surface area contributed by atoms with Crippen LogP contribution >= 0.6 is 24.0 Å². The molecule has 1 aliphatic rings. The number of anilines is 1. The van der Waals surface area contributed by atoms with Crippen molar-refractivity contribution in [2.75, 3.05) is 11.4 Å². The number of pyridine rings is 1. The van der Waals surface area contributed by atoms with Gasteiger partial charge >= 0.3 is 0 Å². The van der Waals surface area contributed by atoms with Crippen molar-refractivity contribution in [3.05, 3.63) is 129 Å². The molecule has 1 amide bonds. The van der Waals surface area contributed by atoms with Crippen LogP contribution in [0.4, 0.5) is 5.82 Å². The molecule has 0 bridgehead atoms. The van der Waals surface area contributed by atoms with E-state index >= 15 is 0 Å². The van der Waals surface area contributed by atoms with Crippen LogP contribution in [0.25, 0.3) is 10.9 Å². The summed E-state index contributed by atoms with van der Waals surface area (Å²) in [6.07, 6.45) is 0.946. The van der Waals surface area contributed by atoms with Gasteiger partial charge in [0, 0.05) is 42.3 Å². The van der Waals surface area contributed by atoms with E-state index in [9.17, 15) is 4.79 Å². The van der Waals surface area contributed by atoms with Crippen LogP contribution in [0.15, 0.2) is 84.9 Å². The monoisotopic (exact) mass is 570 g/mol. The number of hydrogen-bond acceptors (Lipinski definition) is 3. The Kier molecular flexibility index (Phi) is 8.15. The van der Waals surface area contributed by atoms with E-state index in [4.69, 9.17) is 16.6 Å². The van der Waals surface area contributed by atoms with Gasteiger partial charge in [-0.05, 0) is 66.3 Å². The van der Waals surface area contributed by atoms with E-state index in [0.717, 1.165) is 48.3 Å². The van der Waals surface area contributed by atoms with E-state index in [-0.39, 0.29) is 18.3 Å². The third-order valence-corrected chi connectivity index (χ3v) is 8.02. The molecule has 40 heavy (non-hydrogen) atoms. The maximum absolute atomic E-state index is 13.4. The second-order valence-corrected chi connectivity index (χ2v) is 10.7. The number of hydrogen-bond donors (Lipinski definition) is 1. The van der Waals surface area contributed by atoms with Crippen LogP contribution < -0.4 is 10.2 Å². The van der Waals surface area contributed by atoms with Crippen LogP contribution in [-0.4, -0.2) is 22.0 Å². The molecule has 0 spiro atoms. The van der Waals surface area contributed by atoms with Gasteiger partial charge in [0.15, 0.2) is 5.82 Å². The first-order valence-electron chi connectivity index (χ1n) is 13.4. The number of fused-ring (bicyclic) bond motifs is 2. The van der Waals surface area contributed by atoms with Gasteiger partial charge in [0.2, 0.25) is 0 Å². The highest BCUT2D eigenvalue weighted by Gasteiger charge is 2.25. The van der Waals surface area contributed by atoms with Crippen molar-refractivity contribution in [2.45, 2.75) is 39.9 Å². The molecule has 7 heteroatoms. The number of nitrogens with zero attached hydrogens (tertiary/aromatic N) is 3. The van der Waals surface area contributed by atoms with E-state index in [0.29, 0.717) is 17.3 Å². The lowest BCUT2D eigenvalue weighted by atomic mass is 10.00. The fourth-order valence-corrected chi connectivity index (χ4v) is 5.75. The lowest BCUT2D eigenvalue weighted by molar-refractivity contribution is 0.0946. The Hall–Kier alpha value is -3.80. The molecule has 3 aromatic carbocycles. The molecule has 6 rings (SSSR count). The number of carbonyl (C=O) groups excluding carboxylic acids is 1. The predicted molar refractivity (Wildman–Crippen MR) is 166 cm³/mol. The van der Waals surface area contributed by atoms with Crippen molar-refractivity contribution >= 4 is 46.6 Å². The lowest BCUT2D eigenvalue weighted by Crippen LogP contribution is -2.32. The zero-order chi connectivity index (χ0) is 26.9. The lowest BCUT2D eigenvalue weighted by Gasteiger charge is -2.31. The van der Waals surface area contributed by atoms with E-state index in [1.165, 1.54) is 27.9 Å². The predicted octanol–water partition coefficient (Wildman–Crippen LogP) is 7.27. The van der Waals surface area contributed by atoms with Gasteiger partial charge < -0.3 is 14.8 Å². The molecular weight excluding hydrogens is 539 g/mol. The van der Waals surface area contributed by atoms with Gasteiger partial charge in [0.25, 0.3) is 5.91 Å². The van der Waals surface area contributed by atoms with Gasteiger partial charge in [0.1, 0.15) is 5.69 Å². The van der Waals surface area contributed by atoms with Crippen LogP contribution in [0.1, 0.15) is 44.0 Å². The van der Waals surface area contributed by atoms with Gasteiger partial charge in [-0.3, -0.25) is 4.79 Å². The standard InChI is InChI=1S/C33H31ClN4O.ClH/c1-22-23(2)38(20-24-9-4-3-5-10-24)31-29(22)18-30(33(39)35-19-25-11-8-14-28(34)17-25)36-32(31)37-16-15-26-12-6-7-13-27(26)21-37;/h3-14,17-18H,15-16,19-21H2,1-2H3,(H,35,39);1H. The summed E-state index contributed by atoms with van der Waals surface area (Å²) in [4.78, 5) is 20.8. The van der Waals surface area contributed by atoms with Gasteiger partial charge in [-0.15, -0.1) is 12.4 Å². The van der Waals surface area contributed by atoms with E-state index in [2.05, 4.69) is 77.2 Å². The molecule has 2 aromatic heterocycles. The number of benzene rings is 3. The molecule has 0 fully saturated rings. The summed E-state index contributed by atoms with van der Waals surface area (Å²) in [5.74, 6) is 0.672. The third-order valence-electron chi connectivity index (χ3n) is 7.78. The van der Waals surface area contributed by atoms with Crippen LogP contribution in [0.3, 0.4) is 0 Å². The van der Waals surface area contributed by atoms with E-state index in [1.807, 2.05) is 36.4 Å². The van der Waals surface area contributed by atoms with Crippen LogP contribution in [0.5, 0.6) is 0 Å². The molecule has 0 saturated carbocycles. The fraction of sp³-hybridized carbons (Fsp3) is 0.212. The molecule has 204 valence electrons. The topological polar surface area (TPSA) is 50.2 Å². The first-order valence-corrected chi connectivity index (χ1v) is 13.7. The Balaban J connectivity index is 0.00000323. The second kappa shape index (κ2) is 11.7. The minimum absolute atomic E-state index is 0. The number of nitrogens with one attached hydrogen (secondary N) is 1. The minimum atomic E-state index is -0.191. The molecule has 0 unspecified atom stereocenters. The highest BCUT2D eigenvalue weighted by Crippen LogP contribution is 2.35. The van der Waals surface area contributed by atoms with Crippen LogP contribution in [0, 0.1) is 13.8 Å². The fourth-order valence-electron chi connectivity index (χ4n) is 5.54. The zero-order valence-corrected chi connectivity index (χ0v) is 24.2. The van der Waals surface area contributed by atoms with Crippen molar-refractivity contribution in [3.63, 3.8) is 0 Å². The van der Waals surface area contributed by atoms with Gasteiger partial charge in [-0.2, -0.15) is 0 Å². The summed E-state index contributed by atoms with van der Waals surface area (Å²) < 4.78 is 2.36. The summed E-state index contributed by atoms with van der Waals surface area (Å²) >= 11 is 6.14.